The van der Waals surface area contributed by atoms with Gasteiger partial charge < -0.3 is 0 Å². The summed E-state index contributed by atoms with van der Waals surface area (Å²) in [7, 11) is -2.63. The number of imidazole rings is 1. The molecule has 0 amide bonds. The Morgan fingerprint density at radius 3 is 2.33 bits per heavy atom. The number of aromatic nitrogens is 2. The molecule has 0 spiro atoms. The van der Waals surface area contributed by atoms with Gasteiger partial charge in [-0.25, -0.2) is 9.13 Å². The van der Waals surface area contributed by atoms with E-state index < -0.39 is 10.4 Å². The van der Waals surface area contributed by atoms with Gasteiger partial charge >= 0.3 is 10.4 Å². The van der Waals surface area contributed by atoms with Gasteiger partial charge in [0, 0.05) is 6.92 Å². The fourth-order valence-corrected chi connectivity index (χ4v) is 0.931. The quantitative estimate of drug-likeness (QED) is 0.434. The normalized spacial score (nSPS) is 10.4. The third kappa shape index (κ3) is 6.83. The molecule has 0 aliphatic rings. The molecule has 2 N–H and O–H groups in total. The van der Waals surface area contributed by atoms with Crippen LogP contribution in [0.2, 0.25) is 0 Å². The molecule has 1 aromatic rings. The number of allylic oxidation sites excluding steroid dienone is 1. The lowest BCUT2D eigenvalue weighted by Crippen LogP contribution is -2.29. The fourth-order valence-electron chi connectivity index (χ4n) is 0.931. The van der Waals surface area contributed by atoms with Crippen LogP contribution in [0.4, 0.5) is 0 Å². The summed E-state index contributed by atoms with van der Waals surface area (Å²) in [5.41, 5.74) is 0. The molecule has 86 valence electrons. The van der Waals surface area contributed by atoms with E-state index in [0.29, 0.717) is 0 Å². The van der Waals surface area contributed by atoms with E-state index in [1.54, 1.807) is 0 Å². The van der Waals surface area contributed by atoms with E-state index in [0.717, 1.165) is 6.54 Å². The summed E-state index contributed by atoms with van der Waals surface area (Å²) >= 11 is 0. The van der Waals surface area contributed by atoms with Gasteiger partial charge in [-0.1, -0.05) is 12.7 Å². The van der Waals surface area contributed by atoms with Crippen LogP contribution in [0.25, 0.3) is 0 Å². The Bertz CT molecular complexity index is 414. The Morgan fingerprint density at radius 2 is 2.07 bits per heavy atom. The van der Waals surface area contributed by atoms with Crippen molar-refractivity contribution in [2.45, 2.75) is 13.5 Å². The van der Waals surface area contributed by atoms with Crippen molar-refractivity contribution in [1.82, 2.24) is 4.57 Å². The zero-order chi connectivity index (χ0) is 12.1. The van der Waals surface area contributed by atoms with Gasteiger partial charge in [-0.2, -0.15) is 8.42 Å². The van der Waals surface area contributed by atoms with Gasteiger partial charge in [0.25, 0.3) is 5.82 Å². The summed E-state index contributed by atoms with van der Waals surface area (Å²) in [6, 6.07) is 0. The van der Waals surface area contributed by atoms with Crippen LogP contribution in [-0.2, 0) is 24.0 Å². The topological polar surface area (TPSA) is 83.4 Å². The Kier molecular flexibility index (Phi) is 5.20. The van der Waals surface area contributed by atoms with Crippen LogP contribution >= 0.6 is 0 Å². The molecule has 15 heavy (non-hydrogen) atoms. The molecule has 0 saturated heterocycles. The summed E-state index contributed by atoms with van der Waals surface area (Å²) in [5, 5.41) is 0. The van der Waals surface area contributed by atoms with Crippen molar-refractivity contribution in [3.63, 3.8) is 0 Å². The van der Waals surface area contributed by atoms with E-state index in [9.17, 15) is 0 Å². The standard InChI is InChI=1S/C8H13N2.H2O4S/c1-4-5-10-7-6-9(3)8(10)2;1-5(2,3)4/h4,6-7H,1,5H2,2-3H3;(H2,1,2,3,4)/q+1;. The van der Waals surface area contributed by atoms with E-state index in [4.69, 9.17) is 17.5 Å². The van der Waals surface area contributed by atoms with E-state index in [2.05, 4.69) is 28.8 Å². The average Bonchev–Trinajstić information content (AvgIpc) is 2.34. The molecule has 6 nitrogen and oxygen atoms in total. The summed E-state index contributed by atoms with van der Waals surface area (Å²) in [6.07, 6.45) is 5.99. The SMILES string of the molecule is C=CCn1cc[n+](C)c1C.O=S(=O)(O)O. The molecule has 1 heterocycles. The number of hydrogen-bond donors (Lipinski definition) is 2. The second kappa shape index (κ2) is 5.64. The van der Waals surface area contributed by atoms with Crippen molar-refractivity contribution in [3.8, 4) is 0 Å². The van der Waals surface area contributed by atoms with Crippen LogP contribution in [0, 0.1) is 6.92 Å². The van der Waals surface area contributed by atoms with Crippen molar-refractivity contribution in [3.05, 3.63) is 30.9 Å². The van der Waals surface area contributed by atoms with Gasteiger partial charge in [0.05, 0.1) is 7.05 Å². The Morgan fingerprint density at radius 1 is 1.60 bits per heavy atom. The largest absolute Gasteiger partial charge is 0.394 e. The lowest BCUT2D eigenvalue weighted by molar-refractivity contribution is -0.677. The molecule has 0 aliphatic heterocycles. The molecule has 0 fully saturated rings. The molecule has 0 unspecified atom stereocenters. The molecule has 0 aromatic carbocycles. The molecule has 1 rings (SSSR count). The van der Waals surface area contributed by atoms with E-state index in [1.165, 1.54) is 5.82 Å². The Hall–Kier alpha value is -1.18. The van der Waals surface area contributed by atoms with E-state index >= 15 is 0 Å². The predicted octanol–water partition coefficient (Wildman–Crippen LogP) is 0.154. The molecular formula is C8H15N2O4S+. The summed E-state index contributed by atoms with van der Waals surface area (Å²) in [6.45, 7) is 6.66. The van der Waals surface area contributed by atoms with Gasteiger partial charge in [0.15, 0.2) is 0 Å². The zero-order valence-electron chi connectivity index (χ0n) is 8.66. The maximum absolute atomic E-state index is 8.74. The summed E-state index contributed by atoms with van der Waals surface area (Å²) in [4.78, 5) is 0. The zero-order valence-corrected chi connectivity index (χ0v) is 9.48. The highest BCUT2D eigenvalue weighted by Gasteiger charge is 2.04. The molecule has 1 aromatic heterocycles. The maximum Gasteiger partial charge on any atom is 0.394 e. The van der Waals surface area contributed by atoms with Gasteiger partial charge in [0.2, 0.25) is 0 Å². The third-order valence-corrected chi connectivity index (χ3v) is 1.72. The van der Waals surface area contributed by atoms with Crippen molar-refractivity contribution < 1.29 is 22.1 Å². The molecule has 7 heteroatoms. The van der Waals surface area contributed by atoms with Crippen molar-refractivity contribution in [2.24, 2.45) is 7.05 Å². The van der Waals surface area contributed by atoms with Crippen molar-refractivity contribution in [1.29, 1.82) is 0 Å². The minimum Gasteiger partial charge on any atom is -0.264 e. The van der Waals surface area contributed by atoms with Crippen LogP contribution in [0.15, 0.2) is 25.0 Å². The number of aryl methyl sites for hydroxylation is 1. The highest BCUT2D eigenvalue weighted by atomic mass is 32.3. The van der Waals surface area contributed by atoms with E-state index in [-0.39, 0.29) is 0 Å². The lowest BCUT2D eigenvalue weighted by atomic mass is 10.5. The minimum absolute atomic E-state index is 0.896. The number of hydrogen-bond acceptors (Lipinski definition) is 2. The smallest absolute Gasteiger partial charge is 0.264 e. The molecule has 0 radical (unpaired) electrons. The van der Waals surface area contributed by atoms with Gasteiger partial charge in [-0.05, 0) is 0 Å². The highest BCUT2D eigenvalue weighted by Crippen LogP contribution is 1.91. The predicted molar refractivity (Wildman–Crippen MR) is 54.7 cm³/mol. The summed E-state index contributed by atoms with van der Waals surface area (Å²) < 4.78 is 35.8. The molecule has 0 aliphatic carbocycles. The van der Waals surface area contributed by atoms with Crippen LogP contribution in [0.1, 0.15) is 5.82 Å². The first kappa shape index (κ1) is 13.8. The lowest BCUT2D eigenvalue weighted by Gasteiger charge is -1.91. The molecule has 0 saturated carbocycles. The number of rotatable bonds is 2. The van der Waals surface area contributed by atoms with Crippen LogP contribution < -0.4 is 4.57 Å². The molecule has 0 atom stereocenters. The summed E-state index contributed by atoms with van der Waals surface area (Å²) in [5.74, 6) is 1.25. The fraction of sp³-hybridized carbons (Fsp3) is 0.375. The second-order valence-electron chi connectivity index (χ2n) is 2.85. The number of nitrogens with zero attached hydrogens (tertiary/aromatic N) is 2. The first-order valence-electron chi connectivity index (χ1n) is 4.08. The minimum atomic E-state index is -4.67. The second-order valence-corrected chi connectivity index (χ2v) is 3.74. The Labute approximate surface area is 89.1 Å². The van der Waals surface area contributed by atoms with Crippen LogP contribution in [0.3, 0.4) is 0 Å². The van der Waals surface area contributed by atoms with Gasteiger partial charge in [0.1, 0.15) is 18.9 Å². The van der Waals surface area contributed by atoms with Crippen molar-refractivity contribution >= 4 is 10.4 Å². The van der Waals surface area contributed by atoms with Gasteiger partial charge in [-0.3, -0.25) is 9.11 Å². The Balaban J connectivity index is 0.000000336. The molecule has 0 bridgehead atoms. The first-order chi connectivity index (χ1) is 6.75. The average molecular weight is 235 g/mol. The first-order valence-corrected chi connectivity index (χ1v) is 5.47. The third-order valence-electron chi connectivity index (χ3n) is 1.72. The molecular weight excluding hydrogens is 220 g/mol. The van der Waals surface area contributed by atoms with E-state index in [1.807, 2.05) is 19.3 Å². The maximum atomic E-state index is 8.74. The van der Waals surface area contributed by atoms with Crippen LogP contribution in [0.5, 0.6) is 0 Å². The van der Waals surface area contributed by atoms with Crippen LogP contribution in [-0.4, -0.2) is 22.1 Å². The van der Waals surface area contributed by atoms with Crippen molar-refractivity contribution in [2.75, 3.05) is 0 Å². The van der Waals surface area contributed by atoms with Gasteiger partial charge in [-0.15, -0.1) is 0 Å². The monoisotopic (exact) mass is 235 g/mol. The highest BCUT2D eigenvalue weighted by molar-refractivity contribution is 7.79.